The second-order valence-electron chi connectivity index (χ2n) is 6.45. The van der Waals surface area contributed by atoms with Gasteiger partial charge in [0.05, 0.1) is 4.92 Å². The van der Waals surface area contributed by atoms with Gasteiger partial charge < -0.3 is 5.32 Å². The highest BCUT2D eigenvalue weighted by molar-refractivity contribution is 6.30. The first-order chi connectivity index (χ1) is 12.1. The van der Waals surface area contributed by atoms with Crippen molar-refractivity contribution in [1.82, 2.24) is 10.2 Å². The number of nitro groups is 1. The smallest absolute Gasteiger partial charge is 0.275 e. The summed E-state index contributed by atoms with van der Waals surface area (Å²) in [4.78, 5) is 13.2. The highest BCUT2D eigenvalue weighted by Gasteiger charge is 2.20. The van der Waals surface area contributed by atoms with Gasteiger partial charge in [-0.2, -0.15) is 0 Å². The number of nitrogens with zero attached hydrogens (tertiary/aromatic N) is 2. The Balaban J connectivity index is 1.49. The molecule has 132 valence electrons. The first-order valence-corrected chi connectivity index (χ1v) is 8.92. The molecule has 25 heavy (non-hydrogen) atoms. The molecular formula is C19H22ClN3O2. The standard InChI is InChI=1S/C19H22ClN3O2/c20-17-7-6-16(19(12-17)23(24)25)13-21-18-8-10-22(11-9-18)14-15-4-2-1-3-5-15/h1-7,12,18,21H,8-11,13-14H2. The summed E-state index contributed by atoms with van der Waals surface area (Å²) < 4.78 is 0. The molecule has 1 fully saturated rings. The molecule has 0 aliphatic carbocycles. The van der Waals surface area contributed by atoms with E-state index in [9.17, 15) is 10.1 Å². The summed E-state index contributed by atoms with van der Waals surface area (Å²) in [6.45, 7) is 3.55. The van der Waals surface area contributed by atoms with E-state index in [1.807, 2.05) is 6.07 Å². The van der Waals surface area contributed by atoms with Gasteiger partial charge in [-0.3, -0.25) is 15.0 Å². The molecule has 1 heterocycles. The summed E-state index contributed by atoms with van der Waals surface area (Å²) in [5.41, 5.74) is 2.10. The zero-order valence-electron chi connectivity index (χ0n) is 14.0. The Morgan fingerprint density at radius 3 is 2.56 bits per heavy atom. The molecule has 2 aromatic rings. The van der Waals surface area contributed by atoms with E-state index >= 15 is 0 Å². The minimum atomic E-state index is -0.370. The number of benzene rings is 2. The molecule has 0 amide bonds. The SMILES string of the molecule is O=[N+]([O-])c1cc(Cl)ccc1CNC1CCN(Cc2ccccc2)CC1. The fraction of sp³-hybridized carbons (Fsp3) is 0.368. The highest BCUT2D eigenvalue weighted by Crippen LogP contribution is 2.23. The maximum absolute atomic E-state index is 11.2. The first-order valence-electron chi connectivity index (χ1n) is 8.54. The van der Waals surface area contributed by atoms with Crippen molar-refractivity contribution in [2.75, 3.05) is 13.1 Å². The van der Waals surface area contributed by atoms with Crippen LogP contribution < -0.4 is 5.32 Å². The molecule has 0 saturated carbocycles. The van der Waals surface area contributed by atoms with E-state index < -0.39 is 0 Å². The Morgan fingerprint density at radius 1 is 1.16 bits per heavy atom. The minimum absolute atomic E-state index is 0.0847. The van der Waals surface area contributed by atoms with Crippen LogP contribution in [0.2, 0.25) is 5.02 Å². The number of nitrogens with one attached hydrogen (secondary N) is 1. The van der Waals surface area contributed by atoms with Gasteiger partial charge in [-0.05, 0) is 43.6 Å². The summed E-state index contributed by atoms with van der Waals surface area (Å²) in [5, 5.41) is 15.0. The van der Waals surface area contributed by atoms with Gasteiger partial charge in [0.2, 0.25) is 0 Å². The van der Waals surface area contributed by atoms with Crippen LogP contribution in [0.5, 0.6) is 0 Å². The molecular weight excluding hydrogens is 338 g/mol. The van der Waals surface area contributed by atoms with Gasteiger partial charge in [-0.15, -0.1) is 0 Å². The number of hydrogen-bond donors (Lipinski definition) is 1. The first kappa shape index (κ1) is 17.9. The second kappa shape index (κ2) is 8.43. The van der Waals surface area contributed by atoms with Crippen molar-refractivity contribution in [1.29, 1.82) is 0 Å². The van der Waals surface area contributed by atoms with Crippen LogP contribution >= 0.6 is 11.6 Å². The third-order valence-corrected chi connectivity index (χ3v) is 4.90. The van der Waals surface area contributed by atoms with Crippen LogP contribution in [0.25, 0.3) is 0 Å². The summed E-state index contributed by atoms with van der Waals surface area (Å²) in [6.07, 6.45) is 2.10. The largest absolute Gasteiger partial charge is 0.310 e. The Kier molecular flexibility index (Phi) is 6.02. The molecule has 0 radical (unpaired) electrons. The van der Waals surface area contributed by atoms with Gasteiger partial charge in [0.25, 0.3) is 5.69 Å². The Bertz CT molecular complexity index is 716. The molecule has 3 rings (SSSR count). The average Bonchev–Trinajstić information content (AvgIpc) is 2.62. The zero-order chi connectivity index (χ0) is 17.6. The van der Waals surface area contributed by atoms with Gasteiger partial charge in [0, 0.05) is 35.8 Å². The third-order valence-electron chi connectivity index (χ3n) is 4.66. The number of nitro benzene ring substituents is 1. The van der Waals surface area contributed by atoms with Crippen molar-refractivity contribution in [3.8, 4) is 0 Å². The van der Waals surface area contributed by atoms with Crippen LogP contribution in [-0.2, 0) is 13.1 Å². The number of likely N-dealkylation sites (tertiary alicyclic amines) is 1. The second-order valence-corrected chi connectivity index (χ2v) is 6.88. The molecule has 0 bridgehead atoms. The van der Waals surface area contributed by atoms with Crippen molar-refractivity contribution in [2.45, 2.75) is 32.0 Å². The molecule has 1 N–H and O–H groups in total. The number of halogens is 1. The van der Waals surface area contributed by atoms with Crippen molar-refractivity contribution in [2.24, 2.45) is 0 Å². The minimum Gasteiger partial charge on any atom is -0.310 e. The van der Waals surface area contributed by atoms with E-state index in [1.54, 1.807) is 12.1 Å². The lowest BCUT2D eigenvalue weighted by Crippen LogP contribution is -2.41. The lowest BCUT2D eigenvalue weighted by molar-refractivity contribution is -0.385. The van der Waals surface area contributed by atoms with Crippen LogP contribution in [0.4, 0.5) is 5.69 Å². The lowest BCUT2D eigenvalue weighted by atomic mass is 10.0. The van der Waals surface area contributed by atoms with E-state index in [1.165, 1.54) is 11.6 Å². The van der Waals surface area contributed by atoms with E-state index in [0.29, 0.717) is 23.2 Å². The van der Waals surface area contributed by atoms with Crippen LogP contribution in [0.1, 0.15) is 24.0 Å². The lowest BCUT2D eigenvalue weighted by Gasteiger charge is -2.32. The maximum Gasteiger partial charge on any atom is 0.275 e. The van der Waals surface area contributed by atoms with Crippen LogP contribution in [0.15, 0.2) is 48.5 Å². The van der Waals surface area contributed by atoms with Gasteiger partial charge >= 0.3 is 0 Å². The molecule has 6 heteroatoms. The molecule has 2 aromatic carbocycles. The van der Waals surface area contributed by atoms with Crippen molar-refractivity contribution >= 4 is 17.3 Å². The molecule has 0 aromatic heterocycles. The van der Waals surface area contributed by atoms with Crippen LogP contribution in [0, 0.1) is 10.1 Å². The van der Waals surface area contributed by atoms with Crippen LogP contribution in [-0.4, -0.2) is 29.0 Å². The van der Waals surface area contributed by atoms with Gasteiger partial charge in [0.15, 0.2) is 0 Å². The molecule has 0 atom stereocenters. The van der Waals surface area contributed by atoms with Crippen LogP contribution in [0.3, 0.4) is 0 Å². The molecule has 1 aliphatic heterocycles. The summed E-state index contributed by atoms with van der Waals surface area (Å²) in [7, 11) is 0. The summed E-state index contributed by atoms with van der Waals surface area (Å²) in [6, 6.07) is 15.7. The summed E-state index contributed by atoms with van der Waals surface area (Å²) in [5.74, 6) is 0. The molecule has 5 nitrogen and oxygen atoms in total. The monoisotopic (exact) mass is 359 g/mol. The highest BCUT2D eigenvalue weighted by atomic mass is 35.5. The molecule has 0 spiro atoms. The fourth-order valence-electron chi connectivity index (χ4n) is 3.25. The quantitative estimate of drug-likeness (QED) is 0.625. The number of hydrogen-bond acceptors (Lipinski definition) is 4. The molecule has 1 saturated heterocycles. The Morgan fingerprint density at radius 2 is 1.88 bits per heavy atom. The topological polar surface area (TPSA) is 58.4 Å². The normalized spacial score (nSPS) is 16.0. The average molecular weight is 360 g/mol. The van der Waals surface area contributed by atoms with Gasteiger partial charge in [-0.1, -0.05) is 41.9 Å². The van der Waals surface area contributed by atoms with Gasteiger partial charge in [-0.25, -0.2) is 0 Å². The predicted octanol–water partition coefficient (Wildman–Crippen LogP) is 4.00. The van der Waals surface area contributed by atoms with Crippen molar-refractivity contribution in [3.05, 3.63) is 74.8 Å². The molecule has 1 aliphatic rings. The van der Waals surface area contributed by atoms with Crippen molar-refractivity contribution in [3.63, 3.8) is 0 Å². The van der Waals surface area contributed by atoms with E-state index in [-0.39, 0.29) is 10.6 Å². The number of piperidine rings is 1. The summed E-state index contributed by atoms with van der Waals surface area (Å²) >= 11 is 5.86. The predicted molar refractivity (Wildman–Crippen MR) is 99.7 cm³/mol. The fourth-order valence-corrected chi connectivity index (χ4v) is 3.41. The number of rotatable bonds is 6. The van der Waals surface area contributed by atoms with E-state index in [2.05, 4.69) is 34.5 Å². The zero-order valence-corrected chi connectivity index (χ0v) is 14.8. The van der Waals surface area contributed by atoms with Crippen molar-refractivity contribution < 1.29 is 4.92 Å². The maximum atomic E-state index is 11.2. The van der Waals surface area contributed by atoms with E-state index in [4.69, 9.17) is 11.6 Å². The Labute approximate surface area is 152 Å². The Hall–Kier alpha value is -1.95. The molecule has 0 unspecified atom stereocenters. The third kappa shape index (κ3) is 5.01. The van der Waals surface area contributed by atoms with Gasteiger partial charge in [0.1, 0.15) is 0 Å². The van der Waals surface area contributed by atoms with E-state index in [0.717, 1.165) is 32.5 Å².